The molecule has 0 N–H and O–H groups in total. The van der Waals surface area contributed by atoms with Crippen molar-refractivity contribution in [3.05, 3.63) is 36.4 Å². The molecule has 1 aliphatic carbocycles. The minimum atomic E-state index is -0.227. The molecule has 0 spiro atoms. The first-order valence-corrected chi connectivity index (χ1v) is 6.66. The van der Waals surface area contributed by atoms with Gasteiger partial charge in [0.15, 0.2) is 0 Å². The van der Waals surface area contributed by atoms with Crippen molar-refractivity contribution in [1.29, 1.82) is 0 Å². The number of nitrogens with zero attached hydrogens (tertiary/aromatic N) is 2. The van der Waals surface area contributed by atoms with Crippen LogP contribution in [0.1, 0.15) is 31.1 Å². The topological polar surface area (TPSA) is 69.1 Å². The van der Waals surface area contributed by atoms with Crippen LogP contribution >= 0.6 is 0 Å². The highest BCUT2D eigenvalue weighted by Crippen LogP contribution is 2.33. The molecule has 1 fully saturated rings. The number of aromatic nitrogens is 2. The molecule has 5 nitrogen and oxygen atoms in total. The van der Waals surface area contributed by atoms with E-state index in [0.717, 1.165) is 29.4 Å². The van der Waals surface area contributed by atoms with E-state index in [1.807, 2.05) is 24.3 Å². The minimum Gasteiger partial charge on any atom is -0.464 e. The smallest absolute Gasteiger partial charge is 0.237 e. The number of ketones is 1. The van der Waals surface area contributed by atoms with E-state index in [9.17, 15) is 4.79 Å². The van der Waals surface area contributed by atoms with Gasteiger partial charge in [0, 0.05) is 11.8 Å². The predicted octanol–water partition coefficient (Wildman–Crippen LogP) is 3.32. The van der Waals surface area contributed by atoms with Gasteiger partial charge in [-0.05, 0) is 18.9 Å². The number of para-hydroxylation sites is 1. The SMILES string of the molecule is O=C1CCCC1c1nc(-c2coc3ccccc23)no1. The molecule has 1 unspecified atom stereocenters. The van der Waals surface area contributed by atoms with Gasteiger partial charge in [0.25, 0.3) is 0 Å². The minimum absolute atomic E-state index is 0.192. The maximum Gasteiger partial charge on any atom is 0.237 e. The molecule has 1 aliphatic rings. The van der Waals surface area contributed by atoms with Gasteiger partial charge in [-0.3, -0.25) is 4.79 Å². The number of carbonyl (C=O) groups excluding carboxylic acids is 1. The molecule has 1 atom stereocenters. The molecule has 0 radical (unpaired) electrons. The molecule has 1 saturated carbocycles. The summed E-state index contributed by atoms with van der Waals surface area (Å²) in [7, 11) is 0. The lowest BCUT2D eigenvalue weighted by molar-refractivity contribution is -0.119. The normalized spacial score (nSPS) is 19.0. The molecule has 0 amide bonds. The van der Waals surface area contributed by atoms with Gasteiger partial charge in [0.05, 0.1) is 11.5 Å². The molecule has 0 bridgehead atoms. The lowest BCUT2D eigenvalue weighted by atomic mass is 10.1. The third-order valence-corrected chi connectivity index (χ3v) is 3.77. The Balaban J connectivity index is 1.76. The molecule has 100 valence electrons. The quantitative estimate of drug-likeness (QED) is 0.713. The van der Waals surface area contributed by atoms with Crippen molar-refractivity contribution in [1.82, 2.24) is 10.1 Å². The lowest BCUT2D eigenvalue weighted by Crippen LogP contribution is -2.04. The highest BCUT2D eigenvalue weighted by molar-refractivity contribution is 5.92. The first kappa shape index (κ1) is 11.4. The Hall–Kier alpha value is -2.43. The van der Waals surface area contributed by atoms with Crippen molar-refractivity contribution >= 4 is 16.8 Å². The molecule has 1 aromatic carbocycles. The Morgan fingerprint density at radius 2 is 2.15 bits per heavy atom. The molecular weight excluding hydrogens is 256 g/mol. The van der Waals surface area contributed by atoms with Crippen molar-refractivity contribution in [3.63, 3.8) is 0 Å². The van der Waals surface area contributed by atoms with Crippen molar-refractivity contribution in [2.24, 2.45) is 0 Å². The van der Waals surface area contributed by atoms with Crippen LogP contribution < -0.4 is 0 Å². The fourth-order valence-corrected chi connectivity index (χ4v) is 2.71. The summed E-state index contributed by atoms with van der Waals surface area (Å²) in [6, 6.07) is 7.68. The number of hydrogen-bond acceptors (Lipinski definition) is 5. The van der Waals surface area contributed by atoms with Gasteiger partial charge in [-0.15, -0.1) is 0 Å². The van der Waals surface area contributed by atoms with E-state index in [0.29, 0.717) is 18.1 Å². The monoisotopic (exact) mass is 268 g/mol. The molecule has 4 rings (SSSR count). The zero-order valence-corrected chi connectivity index (χ0v) is 10.7. The molecular formula is C15H12N2O3. The van der Waals surface area contributed by atoms with Crippen LogP contribution in [0.5, 0.6) is 0 Å². The van der Waals surface area contributed by atoms with E-state index in [1.54, 1.807) is 6.26 Å². The highest BCUT2D eigenvalue weighted by atomic mass is 16.5. The summed E-state index contributed by atoms with van der Waals surface area (Å²) in [5, 5.41) is 4.93. The Bertz CT molecular complexity index is 787. The van der Waals surface area contributed by atoms with Crippen molar-refractivity contribution in [3.8, 4) is 11.4 Å². The standard InChI is InChI=1S/C15H12N2O3/c18-12-6-3-5-10(12)15-16-14(17-20-15)11-8-19-13-7-2-1-4-9(11)13/h1-2,4,7-8,10H,3,5-6H2. The average Bonchev–Trinajstić information content (AvgIpc) is 3.15. The molecule has 3 aromatic rings. The van der Waals surface area contributed by atoms with Gasteiger partial charge >= 0.3 is 0 Å². The molecule has 0 saturated heterocycles. The van der Waals surface area contributed by atoms with E-state index in [4.69, 9.17) is 8.94 Å². The third kappa shape index (κ3) is 1.66. The summed E-state index contributed by atoms with van der Waals surface area (Å²) >= 11 is 0. The Kier molecular flexibility index (Phi) is 2.45. The van der Waals surface area contributed by atoms with E-state index in [-0.39, 0.29) is 11.7 Å². The van der Waals surface area contributed by atoms with E-state index in [2.05, 4.69) is 10.1 Å². The number of rotatable bonds is 2. The number of furan rings is 1. The molecule has 2 aromatic heterocycles. The molecule has 0 aliphatic heterocycles. The summed E-state index contributed by atoms with van der Waals surface area (Å²) in [5.74, 6) is 0.865. The summed E-state index contributed by atoms with van der Waals surface area (Å²) in [6.07, 6.45) is 3.93. The predicted molar refractivity (Wildman–Crippen MR) is 71.1 cm³/mol. The highest BCUT2D eigenvalue weighted by Gasteiger charge is 2.31. The number of Topliss-reactive ketones (excluding diaryl/α,β-unsaturated/α-hetero) is 1. The Morgan fingerprint density at radius 3 is 3.00 bits per heavy atom. The van der Waals surface area contributed by atoms with Crippen LogP contribution in [0.2, 0.25) is 0 Å². The fraction of sp³-hybridized carbons (Fsp3) is 0.267. The van der Waals surface area contributed by atoms with E-state index in [1.165, 1.54) is 0 Å². The summed E-state index contributed by atoms with van der Waals surface area (Å²) in [4.78, 5) is 16.1. The maximum atomic E-state index is 11.7. The van der Waals surface area contributed by atoms with Crippen molar-refractivity contribution in [2.45, 2.75) is 25.2 Å². The molecule has 2 heterocycles. The van der Waals surface area contributed by atoms with Crippen LogP contribution in [0.25, 0.3) is 22.4 Å². The maximum absolute atomic E-state index is 11.7. The third-order valence-electron chi connectivity index (χ3n) is 3.77. The van der Waals surface area contributed by atoms with Gasteiger partial charge in [-0.2, -0.15) is 4.98 Å². The zero-order valence-electron chi connectivity index (χ0n) is 10.7. The van der Waals surface area contributed by atoms with Crippen LogP contribution in [0.4, 0.5) is 0 Å². The average molecular weight is 268 g/mol. The van der Waals surface area contributed by atoms with Gasteiger partial charge in [0.2, 0.25) is 11.7 Å². The second kappa shape index (κ2) is 4.30. The van der Waals surface area contributed by atoms with Crippen LogP contribution in [-0.4, -0.2) is 15.9 Å². The number of benzene rings is 1. The van der Waals surface area contributed by atoms with Gasteiger partial charge in [0.1, 0.15) is 17.6 Å². The summed E-state index contributed by atoms with van der Waals surface area (Å²) in [6.45, 7) is 0. The molecule has 20 heavy (non-hydrogen) atoms. The number of carbonyl (C=O) groups is 1. The number of fused-ring (bicyclic) bond motifs is 1. The first-order chi connectivity index (χ1) is 9.83. The van der Waals surface area contributed by atoms with E-state index < -0.39 is 0 Å². The summed E-state index contributed by atoms with van der Waals surface area (Å²) < 4.78 is 10.7. The summed E-state index contributed by atoms with van der Waals surface area (Å²) in [5.41, 5.74) is 1.58. The molecule has 5 heteroatoms. The van der Waals surface area contributed by atoms with Crippen molar-refractivity contribution in [2.75, 3.05) is 0 Å². The van der Waals surface area contributed by atoms with Crippen LogP contribution in [0, 0.1) is 0 Å². The van der Waals surface area contributed by atoms with Crippen LogP contribution in [0.15, 0.2) is 39.5 Å². The Morgan fingerprint density at radius 1 is 1.25 bits per heavy atom. The van der Waals surface area contributed by atoms with Crippen LogP contribution in [0.3, 0.4) is 0 Å². The largest absolute Gasteiger partial charge is 0.464 e. The second-order valence-corrected chi connectivity index (χ2v) is 5.01. The Labute approximate surface area is 114 Å². The van der Waals surface area contributed by atoms with Gasteiger partial charge < -0.3 is 8.94 Å². The second-order valence-electron chi connectivity index (χ2n) is 5.01. The van der Waals surface area contributed by atoms with Crippen molar-refractivity contribution < 1.29 is 13.7 Å². The fourth-order valence-electron chi connectivity index (χ4n) is 2.71. The lowest BCUT2D eigenvalue weighted by Gasteiger charge is -1.98. The first-order valence-electron chi connectivity index (χ1n) is 6.66. The van der Waals surface area contributed by atoms with Gasteiger partial charge in [-0.1, -0.05) is 23.4 Å². The van der Waals surface area contributed by atoms with E-state index >= 15 is 0 Å². The van der Waals surface area contributed by atoms with Gasteiger partial charge in [-0.25, -0.2) is 0 Å². The van der Waals surface area contributed by atoms with Crippen LogP contribution in [-0.2, 0) is 4.79 Å². The number of hydrogen-bond donors (Lipinski definition) is 0. The zero-order chi connectivity index (χ0) is 13.5.